The van der Waals surface area contributed by atoms with E-state index in [0.717, 1.165) is 5.75 Å². The monoisotopic (exact) mass is 223 g/mol. The lowest BCUT2D eigenvalue weighted by atomic mass is 10.2. The van der Waals surface area contributed by atoms with Gasteiger partial charge in [0.1, 0.15) is 0 Å². The molecular formula is C13H21NS. The van der Waals surface area contributed by atoms with Crippen molar-refractivity contribution in [3.63, 3.8) is 0 Å². The molecule has 0 aliphatic rings. The van der Waals surface area contributed by atoms with Crippen LogP contribution in [0.2, 0.25) is 0 Å². The van der Waals surface area contributed by atoms with Crippen LogP contribution in [0.5, 0.6) is 0 Å². The van der Waals surface area contributed by atoms with Gasteiger partial charge in [-0.05, 0) is 38.6 Å². The van der Waals surface area contributed by atoms with E-state index in [1.165, 1.54) is 23.3 Å². The number of benzene rings is 1. The highest BCUT2D eigenvalue weighted by Crippen LogP contribution is 2.14. The molecule has 1 N–H and O–H groups in total. The van der Waals surface area contributed by atoms with Crippen molar-refractivity contribution < 1.29 is 0 Å². The second-order valence-electron chi connectivity index (χ2n) is 4.02. The lowest BCUT2D eigenvalue weighted by Crippen LogP contribution is -2.21. The summed E-state index contributed by atoms with van der Waals surface area (Å²) in [4.78, 5) is 0. The third-order valence-electron chi connectivity index (χ3n) is 2.54. The van der Waals surface area contributed by atoms with Gasteiger partial charge in [0.2, 0.25) is 0 Å². The first-order chi connectivity index (χ1) is 7.22. The van der Waals surface area contributed by atoms with Crippen LogP contribution in [0.4, 0.5) is 0 Å². The number of nitrogens with one attached hydrogen (secondary N) is 1. The second kappa shape index (κ2) is 6.91. The largest absolute Gasteiger partial charge is 0.317 e. The van der Waals surface area contributed by atoms with Gasteiger partial charge in [-0.1, -0.05) is 29.8 Å². The maximum absolute atomic E-state index is 3.26. The number of hydrogen-bond donors (Lipinski definition) is 1. The highest BCUT2D eigenvalue weighted by molar-refractivity contribution is 7.98. The van der Waals surface area contributed by atoms with Crippen LogP contribution in [0.1, 0.15) is 24.5 Å². The zero-order valence-corrected chi connectivity index (χ0v) is 10.7. The average Bonchev–Trinajstić information content (AvgIpc) is 2.24. The summed E-state index contributed by atoms with van der Waals surface area (Å²) in [6.45, 7) is 4.38. The van der Waals surface area contributed by atoms with Gasteiger partial charge < -0.3 is 5.32 Å². The summed E-state index contributed by atoms with van der Waals surface area (Å²) in [5.41, 5.74) is 2.80. The van der Waals surface area contributed by atoms with Crippen molar-refractivity contribution in [3.8, 4) is 0 Å². The summed E-state index contributed by atoms with van der Waals surface area (Å²) in [5, 5.41) is 3.26. The number of thioether (sulfide) groups is 1. The van der Waals surface area contributed by atoms with E-state index in [1.54, 1.807) is 0 Å². The third-order valence-corrected chi connectivity index (χ3v) is 3.60. The fourth-order valence-electron chi connectivity index (χ4n) is 1.40. The standard InChI is InChI=1S/C13H21NS/c1-11-5-4-6-13(9-11)10-15-8-7-12(2)14-3/h4-6,9,12,14H,7-8,10H2,1-3H3. The molecule has 2 heteroatoms. The molecule has 0 saturated heterocycles. The minimum Gasteiger partial charge on any atom is -0.317 e. The zero-order chi connectivity index (χ0) is 11.1. The van der Waals surface area contributed by atoms with Crippen LogP contribution in [-0.4, -0.2) is 18.8 Å². The Morgan fingerprint density at radius 1 is 1.40 bits per heavy atom. The molecule has 1 nitrogen and oxygen atoms in total. The topological polar surface area (TPSA) is 12.0 Å². The van der Waals surface area contributed by atoms with Crippen LogP contribution >= 0.6 is 11.8 Å². The molecule has 1 aromatic rings. The van der Waals surface area contributed by atoms with Crippen LogP contribution in [0.25, 0.3) is 0 Å². The van der Waals surface area contributed by atoms with E-state index in [4.69, 9.17) is 0 Å². The number of aryl methyl sites for hydroxylation is 1. The van der Waals surface area contributed by atoms with Crippen LogP contribution in [0, 0.1) is 6.92 Å². The van der Waals surface area contributed by atoms with Crippen molar-refractivity contribution in [2.75, 3.05) is 12.8 Å². The molecule has 0 saturated carbocycles. The van der Waals surface area contributed by atoms with E-state index < -0.39 is 0 Å². The SMILES string of the molecule is CNC(C)CCSCc1cccc(C)c1. The van der Waals surface area contributed by atoms with E-state index in [-0.39, 0.29) is 0 Å². The molecule has 1 unspecified atom stereocenters. The van der Waals surface area contributed by atoms with E-state index in [9.17, 15) is 0 Å². The smallest absolute Gasteiger partial charge is 0.0184 e. The lowest BCUT2D eigenvalue weighted by Gasteiger charge is -2.09. The van der Waals surface area contributed by atoms with E-state index in [1.807, 2.05) is 18.8 Å². The Hall–Kier alpha value is -0.470. The predicted octanol–water partition coefficient (Wildman–Crippen LogP) is 3.23. The van der Waals surface area contributed by atoms with Gasteiger partial charge in [-0.3, -0.25) is 0 Å². The number of hydrogen-bond acceptors (Lipinski definition) is 2. The zero-order valence-electron chi connectivity index (χ0n) is 9.92. The summed E-state index contributed by atoms with van der Waals surface area (Å²) < 4.78 is 0. The Bertz CT molecular complexity index is 286. The van der Waals surface area contributed by atoms with Gasteiger partial charge in [0.15, 0.2) is 0 Å². The molecule has 84 valence electrons. The fraction of sp³-hybridized carbons (Fsp3) is 0.538. The summed E-state index contributed by atoms with van der Waals surface area (Å²) in [6, 6.07) is 9.41. The molecule has 1 rings (SSSR count). The van der Waals surface area contributed by atoms with Crippen molar-refractivity contribution in [1.82, 2.24) is 5.32 Å². The molecule has 0 aromatic heterocycles. The van der Waals surface area contributed by atoms with Crippen molar-refractivity contribution in [2.24, 2.45) is 0 Å². The minimum absolute atomic E-state index is 0.634. The molecule has 1 aromatic carbocycles. The summed E-state index contributed by atoms with van der Waals surface area (Å²) in [5.74, 6) is 2.37. The van der Waals surface area contributed by atoms with Crippen LogP contribution in [-0.2, 0) is 5.75 Å². The van der Waals surface area contributed by atoms with Crippen molar-refractivity contribution in [3.05, 3.63) is 35.4 Å². The van der Waals surface area contributed by atoms with Gasteiger partial charge >= 0.3 is 0 Å². The Morgan fingerprint density at radius 2 is 2.20 bits per heavy atom. The van der Waals surface area contributed by atoms with Crippen LogP contribution in [0.15, 0.2) is 24.3 Å². The normalized spacial score (nSPS) is 12.7. The predicted molar refractivity (Wildman–Crippen MR) is 70.5 cm³/mol. The van der Waals surface area contributed by atoms with Crippen molar-refractivity contribution >= 4 is 11.8 Å². The van der Waals surface area contributed by atoms with Crippen molar-refractivity contribution in [1.29, 1.82) is 0 Å². The quantitative estimate of drug-likeness (QED) is 0.743. The van der Waals surface area contributed by atoms with E-state index in [2.05, 4.69) is 43.4 Å². The Balaban J connectivity index is 2.20. The van der Waals surface area contributed by atoms with E-state index >= 15 is 0 Å². The molecule has 0 aliphatic carbocycles. The maximum atomic E-state index is 3.26. The minimum atomic E-state index is 0.634. The first kappa shape index (κ1) is 12.6. The van der Waals surface area contributed by atoms with Crippen LogP contribution in [0.3, 0.4) is 0 Å². The van der Waals surface area contributed by atoms with Gasteiger partial charge in [-0.15, -0.1) is 0 Å². The van der Waals surface area contributed by atoms with Gasteiger partial charge in [-0.2, -0.15) is 11.8 Å². The molecule has 0 bridgehead atoms. The van der Waals surface area contributed by atoms with Gasteiger partial charge in [-0.25, -0.2) is 0 Å². The number of rotatable bonds is 6. The molecule has 0 aliphatic heterocycles. The van der Waals surface area contributed by atoms with Crippen LogP contribution < -0.4 is 5.32 Å². The Labute approximate surface area is 97.7 Å². The molecule has 15 heavy (non-hydrogen) atoms. The Kier molecular flexibility index (Phi) is 5.81. The average molecular weight is 223 g/mol. The second-order valence-corrected chi connectivity index (χ2v) is 5.13. The first-order valence-electron chi connectivity index (χ1n) is 5.53. The highest BCUT2D eigenvalue weighted by Gasteiger charge is 1.98. The highest BCUT2D eigenvalue weighted by atomic mass is 32.2. The molecule has 0 spiro atoms. The third kappa shape index (κ3) is 5.24. The van der Waals surface area contributed by atoms with Crippen molar-refractivity contribution in [2.45, 2.75) is 32.1 Å². The summed E-state index contributed by atoms with van der Waals surface area (Å²) in [7, 11) is 2.02. The molecule has 1 atom stereocenters. The first-order valence-corrected chi connectivity index (χ1v) is 6.68. The molecule has 0 fully saturated rings. The maximum Gasteiger partial charge on any atom is 0.0184 e. The molecule has 0 radical (unpaired) electrons. The van der Waals surface area contributed by atoms with Gasteiger partial charge in [0.05, 0.1) is 0 Å². The van der Waals surface area contributed by atoms with E-state index in [0.29, 0.717) is 6.04 Å². The summed E-state index contributed by atoms with van der Waals surface area (Å²) >= 11 is 2.02. The fourth-order valence-corrected chi connectivity index (χ4v) is 2.48. The lowest BCUT2D eigenvalue weighted by molar-refractivity contribution is 0.598. The Morgan fingerprint density at radius 3 is 2.87 bits per heavy atom. The molecule has 0 heterocycles. The van der Waals surface area contributed by atoms with Gasteiger partial charge in [0, 0.05) is 11.8 Å². The summed E-state index contributed by atoms with van der Waals surface area (Å²) in [6.07, 6.45) is 1.24. The molecular weight excluding hydrogens is 202 g/mol. The van der Waals surface area contributed by atoms with Gasteiger partial charge in [0.25, 0.3) is 0 Å². The molecule has 0 amide bonds.